The number of benzene rings is 1. The van der Waals surface area contributed by atoms with Gasteiger partial charge in [0.1, 0.15) is 5.75 Å². The third kappa shape index (κ3) is 4.88. The SMILES string of the molecule is Cc1cccc(OCCCNC(=O)N2CCCC(C(=O)O)C2)c1C. The zero-order valence-electron chi connectivity index (χ0n) is 14.4. The number of likely N-dealkylation sites (tertiary alicyclic amines) is 1. The van der Waals surface area contributed by atoms with Crippen molar-refractivity contribution in [2.24, 2.45) is 5.92 Å². The van der Waals surface area contributed by atoms with Crippen LogP contribution in [0.3, 0.4) is 0 Å². The van der Waals surface area contributed by atoms with E-state index in [9.17, 15) is 9.59 Å². The Labute approximate surface area is 142 Å². The lowest BCUT2D eigenvalue weighted by atomic mass is 9.99. The number of aryl methyl sites for hydroxylation is 1. The second kappa shape index (κ2) is 8.57. The van der Waals surface area contributed by atoms with Gasteiger partial charge in [-0.15, -0.1) is 0 Å². The molecule has 2 N–H and O–H groups in total. The Hall–Kier alpha value is -2.24. The van der Waals surface area contributed by atoms with E-state index < -0.39 is 11.9 Å². The van der Waals surface area contributed by atoms with Crippen LogP contribution in [0.1, 0.15) is 30.4 Å². The Bertz CT molecular complexity index is 588. The van der Waals surface area contributed by atoms with Gasteiger partial charge in [0.2, 0.25) is 0 Å². The van der Waals surface area contributed by atoms with Crippen molar-refractivity contribution in [3.8, 4) is 5.75 Å². The van der Waals surface area contributed by atoms with Gasteiger partial charge in [-0.25, -0.2) is 4.79 Å². The molecule has 2 amide bonds. The lowest BCUT2D eigenvalue weighted by Crippen LogP contribution is -2.47. The number of carboxylic acids is 1. The molecule has 0 spiro atoms. The molecule has 1 aromatic rings. The fourth-order valence-electron chi connectivity index (χ4n) is 2.81. The van der Waals surface area contributed by atoms with E-state index in [0.717, 1.165) is 17.7 Å². The Morgan fingerprint density at radius 2 is 2.17 bits per heavy atom. The zero-order chi connectivity index (χ0) is 17.5. The maximum absolute atomic E-state index is 12.1. The van der Waals surface area contributed by atoms with E-state index in [1.807, 2.05) is 32.0 Å². The van der Waals surface area contributed by atoms with Gasteiger partial charge in [0.15, 0.2) is 0 Å². The second-order valence-electron chi connectivity index (χ2n) is 6.26. The molecule has 1 fully saturated rings. The predicted octanol–water partition coefficient (Wildman–Crippen LogP) is 2.58. The number of rotatable bonds is 6. The lowest BCUT2D eigenvalue weighted by Gasteiger charge is -2.30. The van der Waals surface area contributed by atoms with Crippen molar-refractivity contribution in [1.82, 2.24) is 10.2 Å². The largest absolute Gasteiger partial charge is 0.493 e. The van der Waals surface area contributed by atoms with Gasteiger partial charge in [-0.05, 0) is 50.3 Å². The van der Waals surface area contributed by atoms with Gasteiger partial charge in [0.25, 0.3) is 0 Å². The van der Waals surface area contributed by atoms with E-state index in [4.69, 9.17) is 9.84 Å². The molecule has 6 heteroatoms. The zero-order valence-corrected chi connectivity index (χ0v) is 14.4. The number of hydrogen-bond acceptors (Lipinski definition) is 3. The third-order valence-corrected chi connectivity index (χ3v) is 4.47. The highest BCUT2D eigenvalue weighted by Gasteiger charge is 2.27. The summed E-state index contributed by atoms with van der Waals surface area (Å²) in [5.74, 6) is -0.395. The number of urea groups is 1. The monoisotopic (exact) mass is 334 g/mol. The van der Waals surface area contributed by atoms with E-state index in [0.29, 0.717) is 39.1 Å². The maximum atomic E-state index is 12.1. The highest BCUT2D eigenvalue weighted by atomic mass is 16.5. The average Bonchev–Trinajstić information content (AvgIpc) is 2.58. The van der Waals surface area contributed by atoms with Gasteiger partial charge in [-0.3, -0.25) is 4.79 Å². The van der Waals surface area contributed by atoms with Crippen molar-refractivity contribution in [3.63, 3.8) is 0 Å². The van der Waals surface area contributed by atoms with Gasteiger partial charge in [-0.1, -0.05) is 12.1 Å². The second-order valence-corrected chi connectivity index (χ2v) is 6.26. The number of nitrogens with one attached hydrogen (secondary N) is 1. The molecule has 132 valence electrons. The number of hydrogen-bond donors (Lipinski definition) is 2. The highest BCUT2D eigenvalue weighted by molar-refractivity contribution is 5.76. The molecular weight excluding hydrogens is 308 g/mol. The molecule has 1 saturated heterocycles. The first-order valence-corrected chi connectivity index (χ1v) is 8.43. The van der Waals surface area contributed by atoms with E-state index >= 15 is 0 Å². The van der Waals surface area contributed by atoms with Crippen LogP contribution in [-0.2, 0) is 4.79 Å². The summed E-state index contributed by atoms with van der Waals surface area (Å²) in [5.41, 5.74) is 2.33. The van der Waals surface area contributed by atoms with E-state index in [-0.39, 0.29) is 6.03 Å². The summed E-state index contributed by atoms with van der Waals surface area (Å²) in [6.07, 6.45) is 2.08. The molecule has 1 unspecified atom stereocenters. The molecule has 1 atom stereocenters. The van der Waals surface area contributed by atoms with Crippen molar-refractivity contribution < 1.29 is 19.4 Å². The normalized spacial score (nSPS) is 17.4. The van der Waals surface area contributed by atoms with Crippen LogP contribution in [0.25, 0.3) is 0 Å². The molecular formula is C18H26N2O4. The fraction of sp³-hybridized carbons (Fsp3) is 0.556. The molecule has 0 radical (unpaired) electrons. The number of amides is 2. The van der Waals surface area contributed by atoms with Crippen LogP contribution in [0.4, 0.5) is 4.79 Å². The number of nitrogens with zero attached hydrogens (tertiary/aromatic N) is 1. The number of carbonyl (C=O) groups is 2. The van der Waals surface area contributed by atoms with Crippen molar-refractivity contribution in [1.29, 1.82) is 0 Å². The first-order valence-electron chi connectivity index (χ1n) is 8.43. The minimum Gasteiger partial charge on any atom is -0.493 e. The molecule has 1 aliphatic heterocycles. The summed E-state index contributed by atoms with van der Waals surface area (Å²) in [5, 5.41) is 11.9. The van der Waals surface area contributed by atoms with Gasteiger partial charge in [0.05, 0.1) is 12.5 Å². The van der Waals surface area contributed by atoms with E-state index in [1.54, 1.807) is 4.90 Å². The van der Waals surface area contributed by atoms with Crippen molar-refractivity contribution in [3.05, 3.63) is 29.3 Å². The van der Waals surface area contributed by atoms with Gasteiger partial charge in [0, 0.05) is 19.6 Å². The number of aliphatic carboxylic acids is 1. The summed E-state index contributed by atoms with van der Waals surface area (Å²) in [6, 6.07) is 5.77. The average molecular weight is 334 g/mol. The summed E-state index contributed by atoms with van der Waals surface area (Å²) >= 11 is 0. The number of piperidine rings is 1. The van der Waals surface area contributed by atoms with Crippen molar-refractivity contribution >= 4 is 12.0 Å². The molecule has 6 nitrogen and oxygen atoms in total. The van der Waals surface area contributed by atoms with Crippen LogP contribution < -0.4 is 10.1 Å². The standard InChI is InChI=1S/C18H26N2O4/c1-13-6-3-8-16(14(13)2)24-11-5-9-19-18(23)20-10-4-7-15(12-20)17(21)22/h3,6,8,15H,4-5,7,9-12H2,1-2H3,(H,19,23)(H,21,22). The number of ether oxygens (including phenoxy) is 1. The van der Waals surface area contributed by atoms with Crippen LogP contribution >= 0.6 is 0 Å². The van der Waals surface area contributed by atoms with Crippen LogP contribution in [0.2, 0.25) is 0 Å². The Balaban J connectivity index is 1.67. The summed E-state index contributed by atoms with van der Waals surface area (Å²) < 4.78 is 5.75. The molecule has 1 heterocycles. The number of carbonyl (C=O) groups excluding carboxylic acids is 1. The molecule has 1 aliphatic rings. The summed E-state index contributed by atoms with van der Waals surface area (Å²) in [7, 11) is 0. The van der Waals surface area contributed by atoms with Crippen LogP contribution in [0.15, 0.2) is 18.2 Å². The minimum atomic E-state index is -0.825. The van der Waals surface area contributed by atoms with Crippen LogP contribution in [0.5, 0.6) is 5.75 Å². The van der Waals surface area contributed by atoms with Crippen LogP contribution in [0, 0.1) is 19.8 Å². The molecule has 0 saturated carbocycles. The summed E-state index contributed by atoms with van der Waals surface area (Å²) in [4.78, 5) is 24.7. The molecule has 2 rings (SSSR count). The van der Waals surface area contributed by atoms with Crippen molar-refractivity contribution in [2.75, 3.05) is 26.2 Å². The fourth-order valence-corrected chi connectivity index (χ4v) is 2.81. The predicted molar refractivity (Wildman–Crippen MR) is 91.4 cm³/mol. The van der Waals surface area contributed by atoms with Crippen LogP contribution in [-0.4, -0.2) is 48.2 Å². The Kier molecular flexibility index (Phi) is 6.46. The molecule has 0 aliphatic carbocycles. The number of carboxylic acid groups (broad SMARTS) is 1. The van der Waals surface area contributed by atoms with Gasteiger partial charge >= 0.3 is 12.0 Å². The highest BCUT2D eigenvalue weighted by Crippen LogP contribution is 2.20. The molecule has 24 heavy (non-hydrogen) atoms. The molecule has 1 aromatic carbocycles. The smallest absolute Gasteiger partial charge is 0.317 e. The quantitative estimate of drug-likeness (QED) is 0.784. The van der Waals surface area contributed by atoms with Gasteiger partial charge < -0.3 is 20.1 Å². The molecule has 0 bridgehead atoms. The minimum absolute atomic E-state index is 0.187. The van der Waals surface area contributed by atoms with Crippen molar-refractivity contribution in [2.45, 2.75) is 33.1 Å². The third-order valence-electron chi connectivity index (χ3n) is 4.47. The lowest BCUT2D eigenvalue weighted by molar-refractivity contribution is -0.143. The van der Waals surface area contributed by atoms with Gasteiger partial charge in [-0.2, -0.15) is 0 Å². The topological polar surface area (TPSA) is 78.9 Å². The Morgan fingerprint density at radius 1 is 1.38 bits per heavy atom. The maximum Gasteiger partial charge on any atom is 0.317 e. The molecule has 0 aromatic heterocycles. The first kappa shape index (κ1) is 18.1. The first-order chi connectivity index (χ1) is 11.5. The summed E-state index contributed by atoms with van der Waals surface area (Å²) in [6.45, 7) is 6.03. The van der Waals surface area contributed by atoms with E-state index in [1.165, 1.54) is 5.56 Å². The van der Waals surface area contributed by atoms with E-state index in [2.05, 4.69) is 5.32 Å². The Morgan fingerprint density at radius 3 is 2.92 bits per heavy atom.